The largest absolute Gasteiger partial charge is 0.337 e. The number of anilines is 2. The molecule has 2 aromatic carbocycles. The van der Waals surface area contributed by atoms with E-state index in [-0.39, 0.29) is 0 Å². The van der Waals surface area contributed by atoms with Crippen molar-refractivity contribution in [2.45, 2.75) is 6.92 Å². The predicted octanol–water partition coefficient (Wildman–Crippen LogP) is 4.64. The zero-order chi connectivity index (χ0) is 16.0. The summed E-state index contributed by atoms with van der Waals surface area (Å²) >= 11 is 12.0. The maximum Gasteiger partial charge on any atom is 0.204 e. The summed E-state index contributed by atoms with van der Waals surface area (Å²) < 4.78 is 1.97. The van der Waals surface area contributed by atoms with Crippen LogP contribution in [0.5, 0.6) is 0 Å². The summed E-state index contributed by atoms with van der Waals surface area (Å²) in [6.45, 7) is 1.91. The Morgan fingerprint density at radius 1 is 1.00 bits per heavy atom. The van der Waals surface area contributed by atoms with Crippen molar-refractivity contribution in [1.82, 2.24) is 19.6 Å². The SMILES string of the molecule is Cc1nnc2c(Nc3ccc(Cl)c(Cl)c3)nc3ccccc3n12. The zero-order valence-electron chi connectivity index (χ0n) is 12.1. The van der Waals surface area contributed by atoms with Gasteiger partial charge in [0.2, 0.25) is 5.65 Å². The molecule has 7 heteroatoms. The zero-order valence-corrected chi connectivity index (χ0v) is 13.6. The van der Waals surface area contributed by atoms with E-state index in [0.717, 1.165) is 22.5 Å². The number of hydrogen-bond donors (Lipinski definition) is 1. The molecule has 0 unspecified atom stereocenters. The smallest absolute Gasteiger partial charge is 0.204 e. The van der Waals surface area contributed by atoms with E-state index in [1.807, 2.05) is 41.7 Å². The fourth-order valence-corrected chi connectivity index (χ4v) is 2.81. The van der Waals surface area contributed by atoms with Crippen LogP contribution in [0.2, 0.25) is 10.0 Å². The van der Waals surface area contributed by atoms with Gasteiger partial charge in [-0.25, -0.2) is 4.98 Å². The number of benzene rings is 2. The van der Waals surface area contributed by atoms with Gasteiger partial charge in [-0.3, -0.25) is 4.40 Å². The molecular weight excluding hydrogens is 333 g/mol. The lowest BCUT2D eigenvalue weighted by atomic mass is 10.3. The molecule has 4 rings (SSSR count). The van der Waals surface area contributed by atoms with E-state index in [1.165, 1.54) is 0 Å². The Balaban J connectivity index is 1.93. The van der Waals surface area contributed by atoms with Crippen LogP contribution in [0.1, 0.15) is 5.82 Å². The lowest BCUT2D eigenvalue weighted by molar-refractivity contribution is 1.02. The highest BCUT2D eigenvalue weighted by Crippen LogP contribution is 2.28. The monoisotopic (exact) mass is 343 g/mol. The highest BCUT2D eigenvalue weighted by atomic mass is 35.5. The number of nitrogens with zero attached hydrogens (tertiary/aromatic N) is 4. The van der Waals surface area contributed by atoms with Crippen LogP contribution in [0.25, 0.3) is 16.7 Å². The van der Waals surface area contributed by atoms with Crippen LogP contribution in [0.15, 0.2) is 42.5 Å². The van der Waals surface area contributed by atoms with Crippen LogP contribution in [-0.4, -0.2) is 19.6 Å². The molecule has 0 spiro atoms. The molecule has 2 heterocycles. The first-order valence-corrected chi connectivity index (χ1v) is 7.71. The predicted molar refractivity (Wildman–Crippen MR) is 92.8 cm³/mol. The third-order valence-corrected chi connectivity index (χ3v) is 4.31. The first-order chi connectivity index (χ1) is 11.1. The second-order valence-corrected chi connectivity index (χ2v) is 5.92. The molecule has 0 aliphatic heterocycles. The van der Waals surface area contributed by atoms with Gasteiger partial charge >= 0.3 is 0 Å². The summed E-state index contributed by atoms with van der Waals surface area (Å²) in [5.41, 5.74) is 3.26. The van der Waals surface area contributed by atoms with Crippen molar-refractivity contribution < 1.29 is 0 Å². The first-order valence-electron chi connectivity index (χ1n) is 6.96. The second-order valence-electron chi connectivity index (χ2n) is 5.11. The van der Waals surface area contributed by atoms with Gasteiger partial charge in [-0.05, 0) is 37.3 Å². The van der Waals surface area contributed by atoms with Gasteiger partial charge in [0, 0.05) is 5.69 Å². The Morgan fingerprint density at radius 3 is 2.65 bits per heavy atom. The van der Waals surface area contributed by atoms with Crippen LogP contribution in [0.3, 0.4) is 0 Å². The topological polar surface area (TPSA) is 55.1 Å². The maximum absolute atomic E-state index is 6.07. The van der Waals surface area contributed by atoms with Crippen molar-refractivity contribution in [3.05, 3.63) is 58.3 Å². The molecule has 0 amide bonds. The van der Waals surface area contributed by atoms with Gasteiger partial charge in [-0.1, -0.05) is 35.3 Å². The molecule has 0 aliphatic carbocycles. The van der Waals surface area contributed by atoms with Crippen LogP contribution in [0.4, 0.5) is 11.5 Å². The summed E-state index contributed by atoms with van der Waals surface area (Å²) in [6.07, 6.45) is 0. The minimum Gasteiger partial charge on any atom is -0.337 e. The highest BCUT2D eigenvalue weighted by molar-refractivity contribution is 6.42. The number of rotatable bonds is 2. The Bertz CT molecular complexity index is 1040. The number of fused-ring (bicyclic) bond motifs is 3. The normalized spacial score (nSPS) is 11.3. The molecule has 5 nitrogen and oxygen atoms in total. The van der Waals surface area contributed by atoms with Crippen molar-refractivity contribution in [3.8, 4) is 0 Å². The van der Waals surface area contributed by atoms with Crippen LogP contribution < -0.4 is 5.32 Å². The molecule has 23 heavy (non-hydrogen) atoms. The fraction of sp³-hybridized carbons (Fsp3) is 0.0625. The second kappa shape index (κ2) is 5.37. The summed E-state index contributed by atoms with van der Waals surface area (Å²) in [4.78, 5) is 4.65. The Kier molecular flexibility index (Phi) is 3.32. The highest BCUT2D eigenvalue weighted by Gasteiger charge is 2.13. The number of para-hydroxylation sites is 2. The number of aryl methyl sites for hydroxylation is 1. The average molecular weight is 344 g/mol. The van der Waals surface area contributed by atoms with Crippen LogP contribution in [0, 0.1) is 6.92 Å². The van der Waals surface area contributed by atoms with Gasteiger partial charge in [0.05, 0.1) is 21.1 Å². The molecule has 0 saturated heterocycles. The standard InChI is InChI=1S/C16H11Cl2N5/c1-9-21-22-16-15(19-10-6-7-11(17)12(18)8-10)20-13-4-2-3-5-14(13)23(9)16/h2-8H,1H3,(H,19,20). The quantitative estimate of drug-likeness (QED) is 0.576. The third-order valence-electron chi connectivity index (χ3n) is 3.57. The van der Waals surface area contributed by atoms with E-state index in [1.54, 1.807) is 12.1 Å². The van der Waals surface area contributed by atoms with E-state index < -0.39 is 0 Å². The molecular formula is C16H11Cl2N5. The van der Waals surface area contributed by atoms with Gasteiger partial charge in [0.15, 0.2) is 5.82 Å². The summed E-state index contributed by atoms with van der Waals surface area (Å²) in [5, 5.41) is 12.6. The van der Waals surface area contributed by atoms with Gasteiger partial charge in [0.25, 0.3) is 0 Å². The first kappa shape index (κ1) is 14.2. The van der Waals surface area contributed by atoms with Crippen molar-refractivity contribution in [2.75, 3.05) is 5.32 Å². The van der Waals surface area contributed by atoms with Crippen molar-refractivity contribution >= 4 is 51.4 Å². The number of aromatic nitrogens is 4. The summed E-state index contributed by atoms with van der Waals surface area (Å²) in [6, 6.07) is 13.2. The molecule has 0 atom stereocenters. The Labute approximate surface area is 141 Å². The molecule has 0 aliphatic rings. The minimum absolute atomic E-state index is 0.478. The molecule has 2 aromatic heterocycles. The average Bonchev–Trinajstić information content (AvgIpc) is 2.94. The molecule has 0 fully saturated rings. The van der Waals surface area contributed by atoms with E-state index in [2.05, 4.69) is 20.5 Å². The number of halogens is 2. The molecule has 4 aromatic rings. The Morgan fingerprint density at radius 2 is 1.83 bits per heavy atom. The summed E-state index contributed by atoms with van der Waals surface area (Å²) in [7, 11) is 0. The van der Waals surface area contributed by atoms with Crippen molar-refractivity contribution in [1.29, 1.82) is 0 Å². The lowest BCUT2D eigenvalue weighted by Gasteiger charge is -2.10. The fourth-order valence-electron chi connectivity index (χ4n) is 2.52. The van der Waals surface area contributed by atoms with Crippen molar-refractivity contribution in [3.63, 3.8) is 0 Å². The molecule has 0 saturated carbocycles. The summed E-state index contributed by atoms with van der Waals surface area (Å²) in [5.74, 6) is 1.42. The van der Waals surface area contributed by atoms with Gasteiger partial charge in [-0.2, -0.15) is 0 Å². The molecule has 0 radical (unpaired) electrons. The van der Waals surface area contributed by atoms with E-state index >= 15 is 0 Å². The minimum atomic E-state index is 0.478. The van der Waals surface area contributed by atoms with Gasteiger partial charge in [0.1, 0.15) is 5.82 Å². The van der Waals surface area contributed by atoms with E-state index in [0.29, 0.717) is 21.5 Å². The van der Waals surface area contributed by atoms with Crippen LogP contribution in [-0.2, 0) is 0 Å². The molecule has 0 bridgehead atoms. The van der Waals surface area contributed by atoms with Crippen LogP contribution >= 0.6 is 23.2 Å². The van der Waals surface area contributed by atoms with Crippen molar-refractivity contribution in [2.24, 2.45) is 0 Å². The Hall–Kier alpha value is -2.37. The lowest BCUT2D eigenvalue weighted by Crippen LogP contribution is -2.01. The number of nitrogens with one attached hydrogen (secondary N) is 1. The van der Waals surface area contributed by atoms with E-state index in [4.69, 9.17) is 23.2 Å². The maximum atomic E-state index is 6.07. The molecule has 114 valence electrons. The van der Waals surface area contributed by atoms with Gasteiger partial charge in [-0.15, -0.1) is 10.2 Å². The van der Waals surface area contributed by atoms with E-state index in [9.17, 15) is 0 Å². The molecule has 1 N–H and O–H groups in total. The third kappa shape index (κ3) is 2.38. The van der Waals surface area contributed by atoms with Gasteiger partial charge < -0.3 is 5.32 Å². The number of hydrogen-bond acceptors (Lipinski definition) is 4.